The number of β-amino-alcohol motifs (C(OH)–C–C–N with tert-alkyl or cyclic N) is 1. The van der Waals surface area contributed by atoms with Crippen LogP contribution >= 0.6 is 11.6 Å². The van der Waals surface area contributed by atoms with Gasteiger partial charge in [-0.1, -0.05) is 23.7 Å². The van der Waals surface area contributed by atoms with E-state index in [9.17, 15) is 18.7 Å². The predicted octanol–water partition coefficient (Wildman–Crippen LogP) is 5.57. The molecule has 1 aliphatic rings. The number of hydrogen-bond acceptors (Lipinski definition) is 5. The summed E-state index contributed by atoms with van der Waals surface area (Å²) in [5.74, 6) is -1.05. The molecule has 0 saturated carbocycles. The molecule has 1 saturated heterocycles. The first kappa shape index (κ1) is 28.5. The average Bonchev–Trinajstić information content (AvgIpc) is 3.26. The number of nitrogens with zero attached hydrogens (tertiary/aromatic N) is 1. The van der Waals surface area contributed by atoms with E-state index in [-0.39, 0.29) is 35.9 Å². The number of aryl methyl sites for hydroxylation is 2. The van der Waals surface area contributed by atoms with E-state index in [1.807, 2.05) is 13.0 Å². The molecule has 3 rings (SSSR count). The molecule has 8 heteroatoms. The molecule has 198 valence electrons. The molecular formula is C28H36ClF2NO4. The van der Waals surface area contributed by atoms with Crippen LogP contribution in [0.25, 0.3) is 0 Å². The van der Waals surface area contributed by atoms with Crippen LogP contribution in [0, 0.1) is 18.6 Å². The molecular weight excluding hydrogens is 488 g/mol. The maximum Gasteiger partial charge on any atom is 0.306 e. The molecule has 0 aliphatic carbocycles. The number of hydrogen-bond donors (Lipinski definition) is 1. The van der Waals surface area contributed by atoms with Crippen LogP contribution in [0.15, 0.2) is 30.3 Å². The van der Waals surface area contributed by atoms with Crippen molar-refractivity contribution in [3.63, 3.8) is 0 Å². The van der Waals surface area contributed by atoms with Gasteiger partial charge in [0.25, 0.3) is 0 Å². The van der Waals surface area contributed by atoms with Crippen LogP contribution in [-0.4, -0.2) is 54.4 Å². The minimum atomic E-state index is -0.728. The maximum absolute atomic E-state index is 14.3. The van der Waals surface area contributed by atoms with Gasteiger partial charge in [-0.15, -0.1) is 0 Å². The zero-order valence-corrected chi connectivity index (χ0v) is 22.0. The summed E-state index contributed by atoms with van der Waals surface area (Å²) in [5.41, 5.74) is 2.88. The second-order valence-electron chi connectivity index (χ2n) is 9.48. The zero-order chi connectivity index (χ0) is 26.2. The molecule has 0 bridgehead atoms. The third-order valence-electron chi connectivity index (χ3n) is 6.70. The summed E-state index contributed by atoms with van der Waals surface area (Å²) in [5, 5.41) is 10.8. The fourth-order valence-corrected chi connectivity index (χ4v) is 4.91. The Morgan fingerprint density at radius 1 is 1.25 bits per heavy atom. The average molecular weight is 524 g/mol. The van der Waals surface area contributed by atoms with Crippen molar-refractivity contribution >= 4 is 17.6 Å². The first-order chi connectivity index (χ1) is 17.2. The highest BCUT2D eigenvalue weighted by molar-refractivity contribution is 6.30. The second-order valence-corrected chi connectivity index (χ2v) is 9.89. The number of rotatable bonds is 12. The van der Waals surface area contributed by atoms with Gasteiger partial charge in [-0.2, -0.15) is 0 Å². The van der Waals surface area contributed by atoms with E-state index >= 15 is 0 Å². The van der Waals surface area contributed by atoms with Gasteiger partial charge < -0.3 is 14.6 Å². The van der Waals surface area contributed by atoms with Gasteiger partial charge in [0.15, 0.2) is 0 Å². The largest absolute Gasteiger partial charge is 0.466 e. The van der Waals surface area contributed by atoms with Gasteiger partial charge in [-0.3, -0.25) is 9.69 Å². The number of ether oxygens (including phenoxy) is 2. The fraction of sp³-hybridized carbons (Fsp3) is 0.536. The molecule has 3 atom stereocenters. The minimum absolute atomic E-state index is 0.0901. The number of aliphatic hydroxyl groups excluding tert-OH is 1. The second kappa shape index (κ2) is 13.5. The van der Waals surface area contributed by atoms with Crippen LogP contribution in [-0.2, 0) is 27.1 Å². The van der Waals surface area contributed by atoms with E-state index in [4.69, 9.17) is 21.1 Å². The van der Waals surface area contributed by atoms with Crippen LogP contribution < -0.4 is 0 Å². The van der Waals surface area contributed by atoms with Crippen molar-refractivity contribution in [3.8, 4) is 0 Å². The number of benzene rings is 2. The number of aliphatic hydroxyl groups is 1. The van der Waals surface area contributed by atoms with Gasteiger partial charge in [-0.25, -0.2) is 8.78 Å². The van der Waals surface area contributed by atoms with Crippen LogP contribution in [0.4, 0.5) is 8.78 Å². The summed E-state index contributed by atoms with van der Waals surface area (Å²) >= 11 is 5.80. The lowest BCUT2D eigenvalue weighted by molar-refractivity contribution is -0.143. The first-order valence-electron chi connectivity index (χ1n) is 12.6. The number of likely N-dealkylation sites (tertiary alicyclic amines) is 1. The van der Waals surface area contributed by atoms with E-state index in [0.29, 0.717) is 37.1 Å². The summed E-state index contributed by atoms with van der Waals surface area (Å²) in [6, 6.07) is 8.29. The Morgan fingerprint density at radius 2 is 2.03 bits per heavy atom. The highest BCUT2D eigenvalue weighted by Gasteiger charge is 2.27. The highest BCUT2D eigenvalue weighted by Crippen LogP contribution is 2.27. The maximum atomic E-state index is 14.3. The predicted molar refractivity (Wildman–Crippen MR) is 136 cm³/mol. The van der Waals surface area contributed by atoms with Gasteiger partial charge in [-0.05, 0) is 93.5 Å². The Kier molecular flexibility index (Phi) is 10.7. The Balaban J connectivity index is 1.56. The standard InChI is InChI=1S/C28H36ClF2NO4/c1-4-35-28(34)10-8-21-12-18(2)26(30)15-24(21)19(3)36-17-23(33)16-32-11-5-6-22(32)13-20-7-9-25(29)27(31)14-20/h7,9,12,14-15,19,22-23,33H,4-6,8,10-11,13,16-17H2,1-3H3/t19-,22+,23-/m1/s1. The Hall–Kier alpha value is -2.06. The van der Waals surface area contributed by atoms with E-state index in [0.717, 1.165) is 30.5 Å². The number of carbonyl (C=O) groups is 1. The lowest BCUT2D eigenvalue weighted by Gasteiger charge is -2.28. The molecule has 0 aromatic heterocycles. The van der Waals surface area contributed by atoms with Crippen molar-refractivity contribution in [2.24, 2.45) is 0 Å². The topological polar surface area (TPSA) is 59.0 Å². The molecule has 5 nitrogen and oxygen atoms in total. The third-order valence-corrected chi connectivity index (χ3v) is 7.01. The Bertz CT molecular complexity index is 1030. The van der Waals surface area contributed by atoms with Crippen LogP contribution in [0.2, 0.25) is 5.02 Å². The first-order valence-corrected chi connectivity index (χ1v) is 13.0. The molecule has 1 N–H and O–H groups in total. The highest BCUT2D eigenvalue weighted by atomic mass is 35.5. The number of esters is 1. The summed E-state index contributed by atoms with van der Waals surface area (Å²) < 4.78 is 39.1. The quantitative estimate of drug-likeness (QED) is 0.369. The fourth-order valence-electron chi connectivity index (χ4n) is 4.80. The van der Waals surface area contributed by atoms with Crippen molar-refractivity contribution in [2.45, 2.75) is 71.1 Å². The van der Waals surface area contributed by atoms with Gasteiger partial charge in [0.2, 0.25) is 0 Å². The number of carbonyl (C=O) groups excluding carboxylic acids is 1. The van der Waals surface area contributed by atoms with Gasteiger partial charge in [0, 0.05) is 19.0 Å². The normalized spacial score (nSPS) is 17.8. The lowest BCUT2D eigenvalue weighted by atomic mass is 9.96. The lowest BCUT2D eigenvalue weighted by Crippen LogP contribution is -2.39. The van der Waals surface area contributed by atoms with Crippen molar-refractivity contribution in [1.29, 1.82) is 0 Å². The zero-order valence-electron chi connectivity index (χ0n) is 21.2. The molecule has 1 aliphatic heterocycles. The van der Waals surface area contributed by atoms with Crippen LogP contribution in [0.1, 0.15) is 61.5 Å². The molecule has 36 heavy (non-hydrogen) atoms. The molecule has 1 fully saturated rings. The third kappa shape index (κ3) is 7.97. The molecule has 1 heterocycles. The molecule has 2 aromatic carbocycles. The smallest absolute Gasteiger partial charge is 0.306 e. The van der Waals surface area contributed by atoms with Crippen molar-refractivity contribution < 1.29 is 28.2 Å². The molecule has 0 amide bonds. The monoisotopic (exact) mass is 523 g/mol. The Morgan fingerprint density at radius 3 is 2.75 bits per heavy atom. The van der Waals surface area contributed by atoms with E-state index in [1.54, 1.807) is 26.0 Å². The van der Waals surface area contributed by atoms with E-state index in [2.05, 4.69) is 4.90 Å². The van der Waals surface area contributed by atoms with Crippen molar-refractivity contribution in [3.05, 3.63) is 69.2 Å². The summed E-state index contributed by atoms with van der Waals surface area (Å²) in [4.78, 5) is 14.0. The molecule has 0 radical (unpaired) electrons. The van der Waals surface area contributed by atoms with Gasteiger partial charge >= 0.3 is 5.97 Å². The van der Waals surface area contributed by atoms with Crippen molar-refractivity contribution in [2.75, 3.05) is 26.3 Å². The molecule has 2 aromatic rings. The molecule has 0 unspecified atom stereocenters. The summed E-state index contributed by atoms with van der Waals surface area (Å²) in [6.45, 7) is 6.97. The summed E-state index contributed by atoms with van der Waals surface area (Å²) in [6.07, 6.45) is 2.11. The van der Waals surface area contributed by atoms with E-state index < -0.39 is 18.0 Å². The Labute approximate surface area is 217 Å². The number of halogens is 3. The van der Waals surface area contributed by atoms with Gasteiger partial charge in [0.1, 0.15) is 11.6 Å². The van der Waals surface area contributed by atoms with E-state index in [1.165, 1.54) is 12.1 Å². The van der Waals surface area contributed by atoms with Crippen LogP contribution in [0.5, 0.6) is 0 Å². The van der Waals surface area contributed by atoms with Crippen LogP contribution in [0.3, 0.4) is 0 Å². The van der Waals surface area contributed by atoms with Gasteiger partial charge in [0.05, 0.1) is 30.4 Å². The van der Waals surface area contributed by atoms with Crippen molar-refractivity contribution in [1.82, 2.24) is 4.90 Å². The SMILES string of the molecule is CCOC(=O)CCc1cc(C)c(F)cc1[C@@H](C)OC[C@H](O)CN1CCC[C@H]1Cc1ccc(Cl)c(F)c1. The minimum Gasteiger partial charge on any atom is -0.466 e. The summed E-state index contributed by atoms with van der Waals surface area (Å²) in [7, 11) is 0. The molecule has 0 spiro atoms.